The van der Waals surface area contributed by atoms with Crippen molar-refractivity contribution in [3.8, 4) is 0 Å². The molecule has 3 rings (SSSR count). The standard InChI is InChI=1S/C19H29N5O.HI/c1-16(25)23-13-11-22(12-14-23)10-8-21-19(20-2)24-9-7-17-5-3-4-6-18(17)15-24;/h3-6H,7-15H2,1-2H3,(H,20,21);1H. The van der Waals surface area contributed by atoms with Gasteiger partial charge in [-0.3, -0.25) is 14.7 Å². The number of benzene rings is 1. The van der Waals surface area contributed by atoms with E-state index in [1.54, 1.807) is 6.92 Å². The van der Waals surface area contributed by atoms with E-state index in [4.69, 9.17) is 0 Å². The number of fused-ring (bicyclic) bond motifs is 1. The van der Waals surface area contributed by atoms with E-state index in [0.717, 1.165) is 64.7 Å². The molecule has 0 aliphatic carbocycles. The largest absolute Gasteiger partial charge is 0.355 e. The molecule has 0 atom stereocenters. The smallest absolute Gasteiger partial charge is 0.219 e. The molecule has 6 nitrogen and oxygen atoms in total. The molecule has 26 heavy (non-hydrogen) atoms. The lowest BCUT2D eigenvalue weighted by molar-refractivity contribution is -0.130. The highest BCUT2D eigenvalue weighted by molar-refractivity contribution is 14.0. The Morgan fingerprint density at radius 2 is 1.77 bits per heavy atom. The molecule has 0 saturated carbocycles. The Hall–Kier alpha value is -1.35. The molecule has 0 spiro atoms. The number of guanidine groups is 1. The maximum atomic E-state index is 11.4. The Bertz CT molecular complexity index is 628. The highest BCUT2D eigenvalue weighted by Crippen LogP contribution is 2.18. The van der Waals surface area contributed by atoms with Crippen LogP contribution in [-0.2, 0) is 17.8 Å². The molecule has 144 valence electrons. The van der Waals surface area contributed by atoms with Crippen LogP contribution in [0.4, 0.5) is 0 Å². The number of piperazine rings is 1. The predicted molar refractivity (Wildman–Crippen MR) is 116 cm³/mol. The average molecular weight is 471 g/mol. The minimum absolute atomic E-state index is 0. The van der Waals surface area contributed by atoms with Gasteiger partial charge in [0.15, 0.2) is 5.96 Å². The van der Waals surface area contributed by atoms with Crippen LogP contribution in [-0.4, -0.2) is 79.4 Å². The first-order valence-electron chi connectivity index (χ1n) is 9.17. The van der Waals surface area contributed by atoms with Gasteiger partial charge in [-0.1, -0.05) is 24.3 Å². The molecule has 7 heteroatoms. The fourth-order valence-corrected chi connectivity index (χ4v) is 3.62. The Balaban J connectivity index is 0.00000243. The van der Waals surface area contributed by atoms with Gasteiger partial charge in [0.25, 0.3) is 0 Å². The van der Waals surface area contributed by atoms with Gasteiger partial charge in [-0.15, -0.1) is 24.0 Å². The summed E-state index contributed by atoms with van der Waals surface area (Å²) in [7, 11) is 1.86. The molecule has 2 aliphatic rings. The lowest BCUT2D eigenvalue weighted by Gasteiger charge is -2.35. The van der Waals surface area contributed by atoms with Gasteiger partial charge in [-0.05, 0) is 17.5 Å². The van der Waals surface area contributed by atoms with Crippen molar-refractivity contribution in [1.82, 2.24) is 20.0 Å². The van der Waals surface area contributed by atoms with E-state index < -0.39 is 0 Å². The van der Waals surface area contributed by atoms with Crippen molar-refractivity contribution in [2.45, 2.75) is 19.9 Å². The van der Waals surface area contributed by atoms with E-state index in [1.165, 1.54) is 11.1 Å². The second-order valence-electron chi connectivity index (χ2n) is 6.76. The van der Waals surface area contributed by atoms with E-state index >= 15 is 0 Å². The lowest BCUT2D eigenvalue weighted by Crippen LogP contribution is -2.51. The van der Waals surface area contributed by atoms with Crippen LogP contribution in [0, 0.1) is 0 Å². The maximum absolute atomic E-state index is 11.4. The van der Waals surface area contributed by atoms with E-state index in [2.05, 4.69) is 44.4 Å². The SMILES string of the molecule is CN=C(NCCN1CCN(C(C)=O)CC1)N1CCc2ccccc2C1.I. The fraction of sp³-hybridized carbons (Fsp3) is 0.579. The molecule has 0 aromatic heterocycles. The third-order valence-corrected chi connectivity index (χ3v) is 5.17. The molecule has 1 N–H and O–H groups in total. The Morgan fingerprint density at radius 1 is 1.08 bits per heavy atom. The quantitative estimate of drug-likeness (QED) is 0.412. The number of carbonyl (C=O) groups is 1. The topological polar surface area (TPSA) is 51.2 Å². The molecular weight excluding hydrogens is 441 g/mol. The molecule has 2 aliphatic heterocycles. The number of rotatable bonds is 3. The van der Waals surface area contributed by atoms with Gasteiger partial charge in [-0.2, -0.15) is 0 Å². The van der Waals surface area contributed by atoms with Crippen molar-refractivity contribution >= 4 is 35.8 Å². The third kappa shape index (κ3) is 5.33. The molecule has 2 heterocycles. The average Bonchev–Trinajstić information content (AvgIpc) is 2.65. The first-order chi connectivity index (χ1) is 12.2. The van der Waals surface area contributed by atoms with Crippen LogP contribution in [0.3, 0.4) is 0 Å². The number of aliphatic imine (C=N–C) groups is 1. The van der Waals surface area contributed by atoms with Gasteiger partial charge in [0.2, 0.25) is 5.91 Å². The summed E-state index contributed by atoms with van der Waals surface area (Å²) in [5, 5.41) is 3.50. The zero-order valence-electron chi connectivity index (χ0n) is 15.8. The number of amides is 1. The lowest BCUT2D eigenvalue weighted by atomic mass is 10.0. The number of hydrogen-bond donors (Lipinski definition) is 1. The van der Waals surface area contributed by atoms with Gasteiger partial charge in [0, 0.05) is 66.3 Å². The molecule has 0 unspecified atom stereocenters. The number of nitrogens with zero attached hydrogens (tertiary/aromatic N) is 4. The minimum atomic E-state index is 0. The van der Waals surface area contributed by atoms with E-state index in [-0.39, 0.29) is 29.9 Å². The van der Waals surface area contributed by atoms with E-state index in [9.17, 15) is 4.79 Å². The molecule has 1 aromatic carbocycles. The second-order valence-corrected chi connectivity index (χ2v) is 6.76. The zero-order valence-corrected chi connectivity index (χ0v) is 18.1. The van der Waals surface area contributed by atoms with E-state index in [1.807, 2.05) is 11.9 Å². The Labute approximate surface area is 173 Å². The van der Waals surface area contributed by atoms with Crippen molar-refractivity contribution in [3.05, 3.63) is 35.4 Å². The van der Waals surface area contributed by atoms with Crippen LogP contribution in [0.15, 0.2) is 29.3 Å². The van der Waals surface area contributed by atoms with Gasteiger partial charge < -0.3 is 15.1 Å². The highest BCUT2D eigenvalue weighted by Gasteiger charge is 2.20. The number of nitrogens with one attached hydrogen (secondary N) is 1. The third-order valence-electron chi connectivity index (χ3n) is 5.17. The maximum Gasteiger partial charge on any atom is 0.219 e. The number of halogens is 1. The summed E-state index contributed by atoms with van der Waals surface area (Å²) < 4.78 is 0. The first-order valence-corrected chi connectivity index (χ1v) is 9.17. The van der Waals surface area contributed by atoms with Gasteiger partial charge in [-0.25, -0.2) is 0 Å². The second kappa shape index (κ2) is 10.1. The van der Waals surface area contributed by atoms with Crippen LogP contribution in [0.1, 0.15) is 18.1 Å². The van der Waals surface area contributed by atoms with Crippen LogP contribution in [0.5, 0.6) is 0 Å². The normalized spacial score (nSPS) is 18.2. The number of carbonyl (C=O) groups excluding carboxylic acids is 1. The molecule has 1 aromatic rings. The van der Waals surface area contributed by atoms with Crippen molar-refractivity contribution in [2.75, 3.05) is 52.9 Å². The summed E-state index contributed by atoms with van der Waals surface area (Å²) in [6, 6.07) is 8.67. The molecule has 1 fully saturated rings. The van der Waals surface area contributed by atoms with Gasteiger partial charge in [0.05, 0.1) is 0 Å². The van der Waals surface area contributed by atoms with Crippen molar-refractivity contribution in [1.29, 1.82) is 0 Å². The zero-order chi connectivity index (χ0) is 17.6. The summed E-state index contributed by atoms with van der Waals surface area (Å²) in [6.07, 6.45) is 1.07. The summed E-state index contributed by atoms with van der Waals surface area (Å²) in [5.41, 5.74) is 2.86. The van der Waals surface area contributed by atoms with Crippen LogP contribution in [0.25, 0.3) is 0 Å². The van der Waals surface area contributed by atoms with Gasteiger partial charge in [0.1, 0.15) is 0 Å². The summed E-state index contributed by atoms with van der Waals surface area (Å²) in [5.74, 6) is 1.17. The summed E-state index contributed by atoms with van der Waals surface area (Å²) in [4.78, 5) is 22.5. The molecule has 1 saturated heterocycles. The minimum Gasteiger partial charge on any atom is -0.355 e. The molecule has 0 radical (unpaired) electrons. The molecule has 0 bridgehead atoms. The summed E-state index contributed by atoms with van der Waals surface area (Å²) >= 11 is 0. The van der Waals surface area contributed by atoms with Crippen LogP contribution >= 0.6 is 24.0 Å². The Kier molecular flexibility index (Phi) is 8.15. The van der Waals surface area contributed by atoms with Gasteiger partial charge >= 0.3 is 0 Å². The molecular formula is C19H30IN5O. The Morgan fingerprint density at radius 3 is 2.42 bits per heavy atom. The van der Waals surface area contributed by atoms with E-state index in [0.29, 0.717) is 0 Å². The fourth-order valence-electron chi connectivity index (χ4n) is 3.62. The monoisotopic (exact) mass is 471 g/mol. The van der Waals surface area contributed by atoms with Crippen molar-refractivity contribution in [2.24, 2.45) is 4.99 Å². The highest BCUT2D eigenvalue weighted by atomic mass is 127. The first kappa shape index (κ1) is 21.0. The predicted octanol–water partition coefficient (Wildman–Crippen LogP) is 1.40. The van der Waals surface area contributed by atoms with Crippen molar-refractivity contribution < 1.29 is 4.79 Å². The van der Waals surface area contributed by atoms with Crippen LogP contribution < -0.4 is 5.32 Å². The molecule has 1 amide bonds. The summed E-state index contributed by atoms with van der Waals surface area (Å²) in [6.45, 7) is 9.03. The number of hydrogen-bond acceptors (Lipinski definition) is 3. The van der Waals surface area contributed by atoms with Crippen LogP contribution in [0.2, 0.25) is 0 Å². The van der Waals surface area contributed by atoms with Crippen molar-refractivity contribution in [3.63, 3.8) is 0 Å².